The maximum absolute atomic E-state index is 12.7. The summed E-state index contributed by atoms with van der Waals surface area (Å²) in [6.07, 6.45) is 0.787. The molecule has 0 aliphatic heterocycles. The summed E-state index contributed by atoms with van der Waals surface area (Å²) in [4.78, 5) is 40.0. The molecule has 2 aromatic heterocycles. The number of oxazole rings is 1. The van der Waals surface area contributed by atoms with E-state index in [1.807, 2.05) is 0 Å². The molecule has 0 aliphatic rings. The highest BCUT2D eigenvalue weighted by Crippen LogP contribution is 2.20. The number of amides is 1. The number of hydrogen-bond acceptors (Lipinski definition) is 7. The van der Waals surface area contributed by atoms with Crippen molar-refractivity contribution in [2.24, 2.45) is 0 Å². The number of anilines is 1. The fourth-order valence-electron chi connectivity index (χ4n) is 2.32. The van der Waals surface area contributed by atoms with Gasteiger partial charge in [-0.25, -0.2) is 14.2 Å². The highest BCUT2D eigenvalue weighted by molar-refractivity contribution is 6.02. The van der Waals surface area contributed by atoms with Gasteiger partial charge in [-0.1, -0.05) is 6.07 Å². The van der Waals surface area contributed by atoms with Crippen LogP contribution in [0.2, 0.25) is 0 Å². The Labute approximate surface area is 141 Å². The molecule has 128 valence electrons. The molecule has 0 saturated carbocycles. The lowest BCUT2D eigenvalue weighted by Gasteiger charge is -2.06. The standard InChI is InChI=1S/C16H14N4O5/c1-24-15(22)19-8-10-7-9(5-6-18-10)14(21)20-12-4-2-3-11(17)13(12)25-16(20)23/h2-7H,8,17H2,1H3,(H,19,22). The summed E-state index contributed by atoms with van der Waals surface area (Å²) in [5, 5.41) is 2.46. The summed E-state index contributed by atoms with van der Waals surface area (Å²) in [6.45, 7) is 0.0712. The molecule has 0 saturated heterocycles. The summed E-state index contributed by atoms with van der Waals surface area (Å²) >= 11 is 0. The smallest absolute Gasteiger partial charge is 0.427 e. The molecule has 0 aliphatic carbocycles. The third-order valence-corrected chi connectivity index (χ3v) is 3.50. The van der Waals surface area contributed by atoms with Gasteiger partial charge < -0.3 is 20.2 Å². The number of rotatable bonds is 3. The van der Waals surface area contributed by atoms with E-state index in [0.717, 1.165) is 4.57 Å². The predicted octanol–water partition coefficient (Wildman–Crippen LogP) is 1.12. The molecule has 3 rings (SSSR count). The van der Waals surface area contributed by atoms with Crippen LogP contribution in [0.4, 0.5) is 10.5 Å². The lowest BCUT2D eigenvalue weighted by molar-refractivity contribution is 0.0956. The normalized spacial score (nSPS) is 10.6. The molecule has 25 heavy (non-hydrogen) atoms. The zero-order valence-electron chi connectivity index (χ0n) is 13.2. The number of methoxy groups -OCH3 is 1. The van der Waals surface area contributed by atoms with Crippen LogP contribution < -0.4 is 16.8 Å². The van der Waals surface area contributed by atoms with E-state index in [0.29, 0.717) is 5.69 Å². The number of nitrogen functional groups attached to an aromatic ring is 1. The SMILES string of the molecule is COC(=O)NCc1cc(C(=O)n2c(=O)oc3c(N)cccc32)ccn1. The molecule has 2 heterocycles. The van der Waals surface area contributed by atoms with E-state index in [-0.39, 0.29) is 28.9 Å². The highest BCUT2D eigenvalue weighted by atomic mass is 16.5. The van der Waals surface area contributed by atoms with Crippen molar-refractivity contribution < 1.29 is 18.7 Å². The summed E-state index contributed by atoms with van der Waals surface area (Å²) in [7, 11) is 1.24. The second-order valence-electron chi connectivity index (χ2n) is 5.09. The minimum absolute atomic E-state index is 0.0712. The Morgan fingerprint density at radius 1 is 1.36 bits per heavy atom. The Bertz CT molecular complexity index is 1020. The minimum Gasteiger partial charge on any atom is -0.453 e. The molecule has 9 nitrogen and oxygen atoms in total. The molecular weight excluding hydrogens is 328 g/mol. The first-order valence-electron chi connectivity index (χ1n) is 7.22. The number of ether oxygens (including phenoxy) is 1. The largest absolute Gasteiger partial charge is 0.453 e. The Morgan fingerprint density at radius 3 is 2.92 bits per heavy atom. The molecule has 1 aromatic carbocycles. The van der Waals surface area contributed by atoms with Crippen LogP contribution in [0, 0.1) is 0 Å². The zero-order chi connectivity index (χ0) is 18.0. The molecule has 0 bridgehead atoms. The average Bonchev–Trinajstić information content (AvgIpc) is 2.96. The fraction of sp³-hybridized carbons (Fsp3) is 0.125. The molecule has 0 radical (unpaired) electrons. The van der Waals surface area contributed by atoms with Gasteiger partial charge in [0.25, 0.3) is 5.91 Å². The number of nitrogens with two attached hydrogens (primary N) is 1. The van der Waals surface area contributed by atoms with Gasteiger partial charge in [0, 0.05) is 11.8 Å². The second kappa shape index (κ2) is 6.48. The third kappa shape index (κ3) is 3.07. The van der Waals surface area contributed by atoms with E-state index in [1.54, 1.807) is 18.2 Å². The minimum atomic E-state index is -0.830. The first-order chi connectivity index (χ1) is 12.0. The molecule has 0 unspecified atom stereocenters. The van der Waals surface area contributed by atoms with Gasteiger partial charge in [0.1, 0.15) is 5.52 Å². The number of para-hydroxylation sites is 1. The van der Waals surface area contributed by atoms with Gasteiger partial charge in [0.05, 0.1) is 25.0 Å². The Kier molecular flexibility index (Phi) is 4.21. The van der Waals surface area contributed by atoms with Gasteiger partial charge in [-0.2, -0.15) is 0 Å². The maximum Gasteiger partial charge on any atom is 0.427 e. The number of benzene rings is 1. The fourth-order valence-corrected chi connectivity index (χ4v) is 2.32. The molecule has 0 fully saturated rings. The quantitative estimate of drug-likeness (QED) is 0.682. The molecule has 9 heteroatoms. The van der Waals surface area contributed by atoms with E-state index in [1.165, 1.54) is 25.4 Å². The van der Waals surface area contributed by atoms with Crippen molar-refractivity contribution in [2.45, 2.75) is 6.54 Å². The first-order valence-corrected chi connectivity index (χ1v) is 7.22. The van der Waals surface area contributed by atoms with Gasteiger partial charge in [-0.05, 0) is 24.3 Å². The van der Waals surface area contributed by atoms with Crippen molar-refractivity contribution in [3.05, 3.63) is 58.3 Å². The average molecular weight is 342 g/mol. The van der Waals surface area contributed by atoms with E-state index >= 15 is 0 Å². The highest BCUT2D eigenvalue weighted by Gasteiger charge is 2.19. The van der Waals surface area contributed by atoms with Gasteiger partial charge in [-0.3, -0.25) is 9.78 Å². The number of alkyl carbamates (subject to hydrolysis) is 1. The number of nitrogens with zero attached hydrogens (tertiary/aromatic N) is 2. The molecule has 3 N–H and O–H groups in total. The topological polar surface area (TPSA) is 129 Å². The number of carbonyl (C=O) groups is 2. The van der Waals surface area contributed by atoms with Crippen molar-refractivity contribution in [3.63, 3.8) is 0 Å². The van der Waals surface area contributed by atoms with Gasteiger partial charge >= 0.3 is 11.8 Å². The van der Waals surface area contributed by atoms with E-state index < -0.39 is 17.8 Å². The van der Waals surface area contributed by atoms with Crippen molar-refractivity contribution in [2.75, 3.05) is 12.8 Å². The molecule has 0 spiro atoms. The number of pyridine rings is 1. The molecule has 0 atom stereocenters. The van der Waals surface area contributed by atoms with E-state index in [2.05, 4.69) is 15.0 Å². The van der Waals surface area contributed by atoms with Crippen LogP contribution in [0.1, 0.15) is 16.1 Å². The molecule has 3 aromatic rings. The van der Waals surface area contributed by atoms with Crippen LogP contribution in [-0.4, -0.2) is 28.7 Å². The summed E-state index contributed by atoms with van der Waals surface area (Å²) in [6, 6.07) is 7.69. The van der Waals surface area contributed by atoms with Crippen LogP contribution in [0.25, 0.3) is 11.1 Å². The predicted molar refractivity (Wildman–Crippen MR) is 88.1 cm³/mol. The van der Waals surface area contributed by atoms with Crippen LogP contribution in [0.5, 0.6) is 0 Å². The monoisotopic (exact) mass is 342 g/mol. The second-order valence-corrected chi connectivity index (χ2v) is 5.09. The lowest BCUT2D eigenvalue weighted by atomic mass is 10.2. The van der Waals surface area contributed by atoms with E-state index in [4.69, 9.17) is 10.2 Å². The zero-order valence-corrected chi connectivity index (χ0v) is 13.2. The number of hydrogen-bond donors (Lipinski definition) is 2. The van der Waals surface area contributed by atoms with Crippen LogP contribution in [0.3, 0.4) is 0 Å². The number of carbonyl (C=O) groups excluding carboxylic acids is 2. The van der Waals surface area contributed by atoms with Crippen LogP contribution >= 0.6 is 0 Å². The van der Waals surface area contributed by atoms with Crippen molar-refractivity contribution in [1.29, 1.82) is 0 Å². The number of nitrogens with one attached hydrogen (secondary N) is 1. The summed E-state index contributed by atoms with van der Waals surface area (Å²) in [5.41, 5.74) is 7.10. The Hall–Kier alpha value is -3.62. The van der Waals surface area contributed by atoms with Gasteiger partial charge in [-0.15, -0.1) is 0 Å². The lowest BCUT2D eigenvalue weighted by Crippen LogP contribution is -2.25. The first kappa shape index (κ1) is 16.2. The van der Waals surface area contributed by atoms with Crippen LogP contribution in [0.15, 0.2) is 45.7 Å². The Morgan fingerprint density at radius 2 is 2.16 bits per heavy atom. The van der Waals surface area contributed by atoms with Crippen molar-refractivity contribution in [1.82, 2.24) is 14.9 Å². The van der Waals surface area contributed by atoms with Crippen LogP contribution in [-0.2, 0) is 11.3 Å². The third-order valence-electron chi connectivity index (χ3n) is 3.50. The number of fused-ring (bicyclic) bond motifs is 1. The van der Waals surface area contributed by atoms with E-state index in [9.17, 15) is 14.4 Å². The summed E-state index contributed by atoms with van der Waals surface area (Å²) < 4.78 is 10.4. The summed E-state index contributed by atoms with van der Waals surface area (Å²) in [5.74, 6) is -1.42. The van der Waals surface area contributed by atoms with Gasteiger partial charge in [0.2, 0.25) is 0 Å². The maximum atomic E-state index is 12.7. The Balaban J connectivity index is 1.97. The van der Waals surface area contributed by atoms with Crippen molar-refractivity contribution in [3.8, 4) is 0 Å². The number of aromatic nitrogens is 2. The molecular formula is C16H14N4O5. The van der Waals surface area contributed by atoms with Crippen molar-refractivity contribution >= 4 is 28.8 Å². The molecule has 1 amide bonds. The van der Waals surface area contributed by atoms with Gasteiger partial charge in [0.15, 0.2) is 5.58 Å².